The maximum absolute atomic E-state index is 11.6. The number of sulfonamides is 1. The minimum absolute atomic E-state index is 0. The molecule has 2 aliphatic rings. The van der Waals surface area contributed by atoms with Crippen LogP contribution in [0.3, 0.4) is 0 Å². The first-order chi connectivity index (χ1) is 12.2. The number of aliphatic hydroxyl groups excluding tert-OH is 1. The molecule has 1 aliphatic heterocycles. The molecule has 0 radical (unpaired) electrons. The number of nitrogens with one attached hydrogen (secondary N) is 2. The molecule has 0 bridgehead atoms. The lowest BCUT2D eigenvalue weighted by atomic mass is 9.73. The summed E-state index contributed by atoms with van der Waals surface area (Å²) in [5, 5.41) is 17.0. The van der Waals surface area contributed by atoms with Crippen molar-refractivity contribution in [2.75, 3.05) is 39.0 Å². The van der Waals surface area contributed by atoms with E-state index in [2.05, 4.69) is 17.6 Å². The second kappa shape index (κ2) is 11.2. The number of aliphatic imine (C=N–C) groups is 1. The summed E-state index contributed by atoms with van der Waals surface area (Å²) >= 11 is 0. The number of halogens is 1. The van der Waals surface area contributed by atoms with Gasteiger partial charge < -0.3 is 15.7 Å². The van der Waals surface area contributed by atoms with Crippen molar-refractivity contribution in [2.24, 2.45) is 16.3 Å². The molecule has 1 aliphatic carbocycles. The molecule has 0 aromatic carbocycles. The quantitative estimate of drug-likeness (QED) is 0.284. The van der Waals surface area contributed by atoms with Crippen LogP contribution in [-0.4, -0.2) is 68.9 Å². The second-order valence-electron chi connectivity index (χ2n) is 8.10. The van der Waals surface area contributed by atoms with E-state index in [1.807, 2.05) is 6.92 Å². The molecular formula is C18H37IN4O3S. The van der Waals surface area contributed by atoms with Gasteiger partial charge in [0.15, 0.2) is 5.96 Å². The Hall–Kier alpha value is -0.130. The van der Waals surface area contributed by atoms with Crippen LogP contribution >= 0.6 is 24.0 Å². The van der Waals surface area contributed by atoms with Gasteiger partial charge in [0.05, 0.1) is 18.9 Å². The molecule has 3 N–H and O–H groups in total. The zero-order valence-electron chi connectivity index (χ0n) is 16.9. The van der Waals surface area contributed by atoms with Crippen molar-refractivity contribution in [3.63, 3.8) is 0 Å². The summed E-state index contributed by atoms with van der Waals surface area (Å²) in [6.45, 7) is 7.58. The van der Waals surface area contributed by atoms with Crippen molar-refractivity contribution in [3.8, 4) is 0 Å². The summed E-state index contributed by atoms with van der Waals surface area (Å²) in [5.74, 6) is 1.24. The molecular weight excluding hydrogens is 479 g/mol. The Kier molecular flexibility index (Phi) is 10.3. The highest BCUT2D eigenvalue weighted by Crippen LogP contribution is 2.36. The Labute approximate surface area is 181 Å². The SMILES string of the molecule is CCNC(=NCC1(C)CCCCC1O)NCC1CCN(S(C)(=O)=O)CC1.I. The fourth-order valence-electron chi connectivity index (χ4n) is 3.85. The molecule has 1 heterocycles. The number of rotatable bonds is 6. The van der Waals surface area contributed by atoms with E-state index in [9.17, 15) is 13.5 Å². The van der Waals surface area contributed by atoms with Gasteiger partial charge in [0.2, 0.25) is 10.0 Å². The summed E-state index contributed by atoms with van der Waals surface area (Å²) in [7, 11) is -3.07. The zero-order chi connectivity index (χ0) is 19.2. The van der Waals surface area contributed by atoms with Crippen molar-refractivity contribution < 1.29 is 13.5 Å². The van der Waals surface area contributed by atoms with Crippen LogP contribution in [0, 0.1) is 11.3 Å². The van der Waals surface area contributed by atoms with Gasteiger partial charge in [-0.3, -0.25) is 4.99 Å². The lowest BCUT2D eigenvalue weighted by Gasteiger charge is -2.37. The number of nitrogens with zero attached hydrogens (tertiary/aromatic N) is 2. The third kappa shape index (κ3) is 7.66. The van der Waals surface area contributed by atoms with Crippen molar-refractivity contribution in [1.82, 2.24) is 14.9 Å². The fourth-order valence-corrected chi connectivity index (χ4v) is 4.73. The summed E-state index contributed by atoms with van der Waals surface area (Å²) < 4.78 is 24.8. The highest BCUT2D eigenvalue weighted by molar-refractivity contribution is 14.0. The van der Waals surface area contributed by atoms with Crippen LogP contribution < -0.4 is 10.6 Å². The van der Waals surface area contributed by atoms with Gasteiger partial charge in [-0.15, -0.1) is 24.0 Å². The van der Waals surface area contributed by atoms with E-state index in [0.717, 1.165) is 57.6 Å². The van der Waals surface area contributed by atoms with Crippen molar-refractivity contribution in [2.45, 2.75) is 58.5 Å². The average Bonchev–Trinajstić information content (AvgIpc) is 2.60. The minimum Gasteiger partial charge on any atom is -0.392 e. The van der Waals surface area contributed by atoms with Crippen LogP contribution in [0.1, 0.15) is 52.4 Å². The summed E-state index contributed by atoms with van der Waals surface area (Å²) in [5.41, 5.74) is -0.137. The molecule has 27 heavy (non-hydrogen) atoms. The van der Waals surface area contributed by atoms with Crippen LogP contribution in [0.2, 0.25) is 0 Å². The zero-order valence-corrected chi connectivity index (χ0v) is 20.1. The van der Waals surface area contributed by atoms with Crippen molar-refractivity contribution >= 4 is 40.0 Å². The van der Waals surface area contributed by atoms with Crippen LogP contribution in [0.25, 0.3) is 0 Å². The molecule has 2 unspecified atom stereocenters. The maximum atomic E-state index is 11.6. The Morgan fingerprint density at radius 3 is 2.44 bits per heavy atom. The lowest BCUT2D eigenvalue weighted by molar-refractivity contribution is 0.00716. The molecule has 1 saturated carbocycles. The predicted molar refractivity (Wildman–Crippen MR) is 121 cm³/mol. The Balaban J connectivity index is 0.00000364. The number of piperidine rings is 1. The number of hydrogen-bond acceptors (Lipinski definition) is 4. The van der Waals surface area contributed by atoms with E-state index < -0.39 is 10.0 Å². The van der Waals surface area contributed by atoms with E-state index in [4.69, 9.17) is 4.99 Å². The van der Waals surface area contributed by atoms with Crippen LogP contribution in [0.5, 0.6) is 0 Å². The first-order valence-corrected chi connectivity index (χ1v) is 11.7. The van der Waals surface area contributed by atoms with Crippen LogP contribution in [0.15, 0.2) is 4.99 Å². The fraction of sp³-hybridized carbons (Fsp3) is 0.944. The van der Waals surface area contributed by atoms with E-state index in [-0.39, 0.29) is 35.5 Å². The van der Waals surface area contributed by atoms with Gasteiger partial charge in [-0.2, -0.15) is 0 Å². The highest BCUT2D eigenvalue weighted by atomic mass is 127. The predicted octanol–water partition coefficient (Wildman–Crippen LogP) is 1.77. The van der Waals surface area contributed by atoms with E-state index >= 15 is 0 Å². The number of guanidine groups is 1. The lowest BCUT2D eigenvalue weighted by Crippen LogP contribution is -2.45. The largest absolute Gasteiger partial charge is 0.392 e. The topological polar surface area (TPSA) is 94.0 Å². The van der Waals surface area contributed by atoms with E-state index in [0.29, 0.717) is 25.6 Å². The Bertz CT molecular complexity index is 579. The molecule has 0 amide bonds. The van der Waals surface area contributed by atoms with Gasteiger partial charge >= 0.3 is 0 Å². The molecule has 0 aromatic rings. The molecule has 2 rings (SSSR count). The molecule has 0 spiro atoms. The summed E-state index contributed by atoms with van der Waals surface area (Å²) in [4.78, 5) is 4.73. The molecule has 9 heteroatoms. The van der Waals surface area contributed by atoms with Gasteiger partial charge in [-0.05, 0) is 38.5 Å². The summed E-state index contributed by atoms with van der Waals surface area (Å²) in [6.07, 6.45) is 6.89. The van der Waals surface area contributed by atoms with Crippen molar-refractivity contribution in [1.29, 1.82) is 0 Å². The Morgan fingerprint density at radius 2 is 1.89 bits per heavy atom. The highest BCUT2D eigenvalue weighted by Gasteiger charge is 2.35. The van der Waals surface area contributed by atoms with Crippen LogP contribution in [-0.2, 0) is 10.0 Å². The smallest absolute Gasteiger partial charge is 0.211 e. The normalized spacial score (nSPS) is 28.4. The van der Waals surface area contributed by atoms with Gasteiger partial charge in [-0.1, -0.05) is 19.8 Å². The first kappa shape index (κ1) is 24.9. The molecule has 2 atom stereocenters. The van der Waals surface area contributed by atoms with Gasteiger partial charge in [0.25, 0.3) is 0 Å². The number of aliphatic hydroxyl groups is 1. The molecule has 7 nitrogen and oxygen atoms in total. The van der Waals surface area contributed by atoms with Gasteiger partial charge in [0.1, 0.15) is 0 Å². The van der Waals surface area contributed by atoms with E-state index in [1.54, 1.807) is 4.31 Å². The average molecular weight is 516 g/mol. The van der Waals surface area contributed by atoms with Crippen molar-refractivity contribution in [3.05, 3.63) is 0 Å². The molecule has 0 aromatic heterocycles. The molecule has 160 valence electrons. The van der Waals surface area contributed by atoms with E-state index in [1.165, 1.54) is 6.26 Å². The molecule has 2 fully saturated rings. The minimum atomic E-state index is -3.07. The monoisotopic (exact) mass is 516 g/mol. The third-order valence-electron chi connectivity index (χ3n) is 5.82. The number of hydrogen-bond donors (Lipinski definition) is 3. The van der Waals surface area contributed by atoms with Crippen LogP contribution in [0.4, 0.5) is 0 Å². The summed E-state index contributed by atoms with van der Waals surface area (Å²) in [6, 6.07) is 0. The van der Waals surface area contributed by atoms with Gasteiger partial charge in [-0.25, -0.2) is 12.7 Å². The first-order valence-electron chi connectivity index (χ1n) is 9.90. The molecule has 1 saturated heterocycles. The standard InChI is InChI=1S/C18H36N4O3S.HI/c1-4-19-17(21-14-18(2)10-6-5-7-16(18)23)20-13-15-8-11-22(12-9-15)26(3,24)25;/h15-16,23H,4-14H2,1-3H3,(H2,19,20,21);1H. The third-order valence-corrected chi connectivity index (χ3v) is 7.13. The second-order valence-corrected chi connectivity index (χ2v) is 10.1. The van der Waals surface area contributed by atoms with Gasteiger partial charge in [0, 0.05) is 31.6 Å². The Morgan fingerprint density at radius 1 is 1.22 bits per heavy atom. The maximum Gasteiger partial charge on any atom is 0.211 e.